The van der Waals surface area contributed by atoms with E-state index >= 15 is 0 Å². The van der Waals surface area contributed by atoms with Gasteiger partial charge in [0, 0.05) is 49.9 Å². The molecule has 14 nitrogen and oxygen atoms in total. The van der Waals surface area contributed by atoms with E-state index in [1.807, 2.05) is 6.07 Å². The Hall–Kier alpha value is -5.92. The van der Waals surface area contributed by atoms with Crippen LogP contribution in [0.25, 0.3) is 17.6 Å². The summed E-state index contributed by atoms with van der Waals surface area (Å²) in [5, 5.41) is 30.3. The molecule has 1 amide bonds. The Labute approximate surface area is 307 Å². The maximum Gasteiger partial charge on any atom is 0.342 e. The second kappa shape index (κ2) is 18.0. The minimum absolute atomic E-state index is 0.0743. The number of rotatable bonds is 11. The maximum atomic E-state index is 13.7. The summed E-state index contributed by atoms with van der Waals surface area (Å²) in [4.78, 5) is 48.2. The van der Waals surface area contributed by atoms with Crippen molar-refractivity contribution in [3.63, 3.8) is 0 Å². The molecule has 53 heavy (non-hydrogen) atoms. The van der Waals surface area contributed by atoms with Crippen LogP contribution in [0.5, 0.6) is 28.7 Å². The molecule has 0 saturated carbocycles. The number of ketones is 1. The number of carbonyl (C=O) groups is 3. The number of amides is 1. The number of cyclic esters (lactones) is 1. The molecule has 5 rings (SSSR count). The molecule has 2 aromatic heterocycles. The molecule has 0 saturated heterocycles. The van der Waals surface area contributed by atoms with Crippen molar-refractivity contribution in [3.8, 4) is 40.3 Å². The van der Waals surface area contributed by atoms with Gasteiger partial charge in [0.05, 0.1) is 27.4 Å². The van der Waals surface area contributed by atoms with E-state index in [0.29, 0.717) is 67.2 Å². The van der Waals surface area contributed by atoms with Gasteiger partial charge in [0.2, 0.25) is 23.4 Å². The van der Waals surface area contributed by atoms with Crippen molar-refractivity contribution in [3.05, 3.63) is 76.8 Å². The number of phenolic OH excluding ortho intramolecular Hbond substituents is 2. The number of methoxy groups -OCH3 is 3. The lowest BCUT2D eigenvalue weighted by Gasteiger charge is -2.24. The monoisotopic (exact) mass is 728 g/mol. The van der Waals surface area contributed by atoms with Gasteiger partial charge in [-0.3, -0.25) is 14.6 Å². The highest BCUT2D eigenvalue weighted by molar-refractivity contribution is 5.98. The van der Waals surface area contributed by atoms with Crippen LogP contribution >= 0.6 is 0 Å². The number of esters is 1. The molecule has 0 bridgehead atoms. The minimum Gasteiger partial charge on any atom is -0.507 e. The fraction of sp³-hybridized carbons (Fsp3) is 0.385. The summed E-state index contributed by atoms with van der Waals surface area (Å²) in [7, 11) is 4.34. The van der Waals surface area contributed by atoms with Crippen LogP contribution < -0.4 is 19.5 Å². The first-order valence-electron chi connectivity index (χ1n) is 17.4. The van der Waals surface area contributed by atoms with Gasteiger partial charge in [-0.15, -0.1) is 0 Å². The normalized spacial score (nSPS) is 15.8. The number of Topliss-reactive ketones (excluding diaryl/α,β-unsaturated/α-hetero) is 1. The summed E-state index contributed by atoms with van der Waals surface area (Å²) in [6.45, 7) is 1.85. The van der Waals surface area contributed by atoms with Crippen LogP contribution in [-0.4, -0.2) is 77.0 Å². The van der Waals surface area contributed by atoms with Gasteiger partial charge in [0.15, 0.2) is 11.5 Å². The number of phenols is 2. The first-order valence-corrected chi connectivity index (χ1v) is 17.4. The number of carbonyl (C=O) groups excluding carboxylic acids is 3. The molecular formula is C39H44N4O10. The third-order valence-electron chi connectivity index (χ3n) is 8.90. The molecule has 0 radical (unpaired) electrons. The van der Waals surface area contributed by atoms with Gasteiger partial charge in [-0.2, -0.15) is 4.98 Å². The van der Waals surface area contributed by atoms with E-state index < -0.39 is 29.6 Å². The van der Waals surface area contributed by atoms with Crippen molar-refractivity contribution in [2.45, 2.75) is 70.3 Å². The molecule has 1 unspecified atom stereocenters. The van der Waals surface area contributed by atoms with Crippen molar-refractivity contribution in [1.82, 2.24) is 20.4 Å². The number of nitrogens with one attached hydrogen (secondary N) is 1. The predicted molar refractivity (Wildman–Crippen MR) is 193 cm³/mol. The summed E-state index contributed by atoms with van der Waals surface area (Å²) in [5.74, 6) is -1.56. The largest absolute Gasteiger partial charge is 0.507 e. The summed E-state index contributed by atoms with van der Waals surface area (Å²) in [5.41, 5.74) is 0.952. The summed E-state index contributed by atoms with van der Waals surface area (Å²) in [6.07, 6.45) is 7.40. The van der Waals surface area contributed by atoms with Gasteiger partial charge < -0.3 is 39.0 Å². The number of nitrogens with zero attached hydrogens (tertiary/aromatic N) is 3. The Bertz CT molecular complexity index is 1920. The number of allylic oxidation sites excluding steroid dienone is 1. The Kier molecular flexibility index (Phi) is 13.0. The fourth-order valence-corrected chi connectivity index (χ4v) is 6.23. The molecule has 280 valence electrons. The lowest BCUT2D eigenvalue weighted by atomic mass is 9.84. The number of ether oxygens (including phenoxy) is 4. The van der Waals surface area contributed by atoms with Crippen LogP contribution in [0.1, 0.15) is 90.7 Å². The van der Waals surface area contributed by atoms with Gasteiger partial charge in [-0.1, -0.05) is 23.4 Å². The Morgan fingerprint density at radius 1 is 1.04 bits per heavy atom. The van der Waals surface area contributed by atoms with Gasteiger partial charge in [0.1, 0.15) is 28.5 Å². The van der Waals surface area contributed by atoms with Gasteiger partial charge >= 0.3 is 5.97 Å². The number of benzene rings is 2. The van der Waals surface area contributed by atoms with E-state index in [-0.39, 0.29) is 59.1 Å². The average Bonchev–Trinajstić information content (AvgIpc) is 3.62. The minimum atomic E-state index is -1.03. The van der Waals surface area contributed by atoms with E-state index in [2.05, 4.69) is 20.4 Å². The molecule has 3 N–H and O–H groups in total. The standard InChI is InChI=1S/C39H44N4O10/c1-23-11-10-14-26(44)13-7-5-6-12-24-19-29(45)35(36(47)34(24)39(48)52-23)27(25-20-30(49-2)37(51-4)31(21-25)50-3)22-32(46)41-18-16-33-42-38(43-53-33)28-15-8-9-17-40-28/h6,8-9,12,15,17,19-21,23,27,45,47H,5,7,10-11,13-14,16,18,22H2,1-4H3,(H,41,46)/t23-,27?/m0/s1. The van der Waals surface area contributed by atoms with Crippen LogP contribution in [-0.2, 0) is 20.7 Å². The fourth-order valence-electron chi connectivity index (χ4n) is 6.23. The van der Waals surface area contributed by atoms with Crippen LogP contribution in [0.4, 0.5) is 0 Å². The molecule has 14 heteroatoms. The second-order valence-electron chi connectivity index (χ2n) is 12.6. The number of aromatic hydroxyl groups is 2. The first kappa shape index (κ1) is 38.3. The van der Waals surface area contributed by atoms with E-state index in [4.69, 9.17) is 23.5 Å². The highest BCUT2D eigenvalue weighted by Gasteiger charge is 2.32. The van der Waals surface area contributed by atoms with E-state index in [1.54, 1.807) is 49.5 Å². The van der Waals surface area contributed by atoms with Crippen LogP contribution in [0.3, 0.4) is 0 Å². The molecule has 1 aliphatic heterocycles. The lowest BCUT2D eigenvalue weighted by Crippen LogP contribution is -2.27. The Balaban J connectivity index is 1.50. The van der Waals surface area contributed by atoms with Gasteiger partial charge in [0.25, 0.3) is 0 Å². The predicted octanol–water partition coefficient (Wildman–Crippen LogP) is 5.93. The first-order chi connectivity index (χ1) is 25.6. The second-order valence-corrected chi connectivity index (χ2v) is 12.6. The van der Waals surface area contributed by atoms with Crippen LogP contribution in [0, 0.1) is 0 Å². The smallest absolute Gasteiger partial charge is 0.342 e. The van der Waals surface area contributed by atoms with Crippen molar-refractivity contribution < 1.29 is 48.1 Å². The number of fused-ring (bicyclic) bond motifs is 1. The summed E-state index contributed by atoms with van der Waals surface area (Å²) >= 11 is 0. The summed E-state index contributed by atoms with van der Waals surface area (Å²) in [6, 6.07) is 9.93. The quantitative estimate of drug-likeness (QED) is 0.154. The Morgan fingerprint density at radius 2 is 1.79 bits per heavy atom. The topological polar surface area (TPSA) is 192 Å². The zero-order chi connectivity index (χ0) is 37.9. The van der Waals surface area contributed by atoms with Crippen molar-refractivity contribution in [1.29, 1.82) is 0 Å². The van der Waals surface area contributed by atoms with E-state index in [9.17, 15) is 24.6 Å². The lowest BCUT2D eigenvalue weighted by molar-refractivity contribution is -0.121. The number of pyridine rings is 1. The molecule has 1 aliphatic rings. The van der Waals surface area contributed by atoms with Gasteiger partial charge in [-0.05, 0) is 74.1 Å². The third kappa shape index (κ3) is 9.50. The number of hydrogen-bond acceptors (Lipinski definition) is 13. The SMILES string of the molecule is COc1cc(C(CC(=O)NCCc2nc(-c3ccccn3)no2)c2c(O)cc3c(c2O)C(=O)O[C@@H](C)CCCC(=O)CCCC=C3)cc(OC)c1OC. The van der Waals surface area contributed by atoms with Crippen molar-refractivity contribution in [2.24, 2.45) is 0 Å². The highest BCUT2D eigenvalue weighted by Crippen LogP contribution is 2.47. The van der Waals surface area contributed by atoms with Crippen LogP contribution in [0.2, 0.25) is 0 Å². The van der Waals surface area contributed by atoms with Gasteiger partial charge in [-0.25, -0.2) is 4.79 Å². The molecule has 3 heterocycles. The third-order valence-corrected chi connectivity index (χ3v) is 8.90. The van der Waals surface area contributed by atoms with E-state index in [0.717, 1.165) is 0 Å². The average molecular weight is 729 g/mol. The molecular weight excluding hydrogens is 684 g/mol. The van der Waals surface area contributed by atoms with Crippen molar-refractivity contribution in [2.75, 3.05) is 27.9 Å². The summed E-state index contributed by atoms with van der Waals surface area (Å²) < 4.78 is 27.7. The molecule has 0 fully saturated rings. The maximum absolute atomic E-state index is 13.7. The molecule has 0 aliphatic carbocycles. The molecule has 2 atom stereocenters. The van der Waals surface area contributed by atoms with Crippen LogP contribution in [0.15, 0.2) is 53.2 Å². The molecule has 0 spiro atoms. The number of hydrogen-bond donors (Lipinski definition) is 3. The van der Waals surface area contributed by atoms with E-state index in [1.165, 1.54) is 27.4 Å². The zero-order valence-electron chi connectivity index (χ0n) is 30.2. The zero-order valence-corrected chi connectivity index (χ0v) is 30.2. The van der Waals surface area contributed by atoms with Crippen molar-refractivity contribution >= 4 is 23.7 Å². The molecule has 4 aromatic rings. The Morgan fingerprint density at radius 3 is 2.49 bits per heavy atom. The number of aromatic nitrogens is 3. The highest BCUT2D eigenvalue weighted by atomic mass is 16.5. The molecule has 2 aromatic carbocycles.